The van der Waals surface area contributed by atoms with Crippen molar-refractivity contribution in [3.63, 3.8) is 0 Å². The van der Waals surface area contributed by atoms with Crippen LogP contribution in [0.5, 0.6) is 5.75 Å². The van der Waals surface area contributed by atoms with E-state index in [-0.39, 0.29) is 28.1 Å². The lowest BCUT2D eigenvalue weighted by Gasteiger charge is -2.19. The van der Waals surface area contributed by atoms with Gasteiger partial charge in [0, 0.05) is 5.56 Å². The molecule has 0 aliphatic carbocycles. The number of carboxylic acids is 1. The Morgan fingerprint density at radius 2 is 1.39 bits per heavy atom. The molecule has 7 nitrogen and oxygen atoms in total. The van der Waals surface area contributed by atoms with Gasteiger partial charge in [0.1, 0.15) is 5.75 Å². The molecule has 0 saturated heterocycles. The lowest BCUT2D eigenvalue weighted by atomic mass is 9.86. The van der Waals surface area contributed by atoms with Crippen LogP contribution in [0, 0.1) is 0 Å². The van der Waals surface area contributed by atoms with Gasteiger partial charge in [-0.1, -0.05) is 45.0 Å². The fourth-order valence-corrected chi connectivity index (χ4v) is 3.23. The fraction of sp³-hybridized carbons (Fsp3) is 0.192. The maximum Gasteiger partial charge on any atom is 0.335 e. The van der Waals surface area contributed by atoms with E-state index in [1.807, 2.05) is 12.1 Å². The van der Waals surface area contributed by atoms with Gasteiger partial charge in [-0.05, 0) is 53.4 Å². The van der Waals surface area contributed by atoms with E-state index in [0.29, 0.717) is 17.0 Å². The number of aromatic carboxylic acids is 1. The molecular weight excluding hydrogens is 420 g/mol. The van der Waals surface area contributed by atoms with Crippen LogP contribution < -0.4 is 15.4 Å². The number of amides is 2. The van der Waals surface area contributed by atoms with Crippen LogP contribution in [0.1, 0.15) is 57.4 Å². The normalized spacial score (nSPS) is 10.9. The molecule has 0 radical (unpaired) electrons. The van der Waals surface area contributed by atoms with Gasteiger partial charge in [0.2, 0.25) is 0 Å². The van der Waals surface area contributed by atoms with E-state index in [4.69, 9.17) is 4.74 Å². The number of ether oxygens (including phenoxy) is 1. The van der Waals surface area contributed by atoms with Gasteiger partial charge in [-0.25, -0.2) is 4.79 Å². The molecule has 0 heterocycles. The predicted molar refractivity (Wildman–Crippen MR) is 127 cm³/mol. The smallest absolute Gasteiger partial charge is 0.335 e. The number of hydrogen-bond acceptors (Lipinski definition) is 4. The molecule has 170 valence electrons. The summed E-state index contributed by atoms with van der Waals surface area (Å²) in [6.45, 7) is 6.29. The first kappa shape index (κ1) is 23.5. The maximum absolute atomic E-state index is 13.0. The summed E-state index contributed by atoms with van der Waals surface area (Å²) in [5.74, 6) is -1.68. The minimum absolute atomic E-state index is 0.00592. The molecule has 2 amide bonds. The van der Waals surface area contributed by atoms with E-state index >= 15 is 0 Å². The minimum atomic E-state index is -1.13. The molecule has 0 spiro atoms. The van der Waals surface area contributed by atoms with E-state index in [2.05, 4.69) is 31.4 Å². The van der Waals surface area contributed by atoms with Crippen molar-refractivity contribution in [2.24, 2.45) is 0 Å². The minimum Gasteiger partial charge on any atom is -0.495 e. The second kappa shape index (κ2) is 9.56. The Hall–Kier alpha value is -4.13. The Balaban J connectivity index is 1.83. The van der Waals surface area contributed by atoms with Crippen LogP contribution >= 0.6 is 0 Å². The van der Waals surface area contributed by atoms with Crippen LogP contribution in [-0.2, 0) is 5.41 Å². The first-order valence-electron chi connectivity index (χ1n) is 10.3. The predicted octanol–water partition coefficient (Wildman–Crippen LogP) is 5.20. The van der Waals surface area contributed by atoms with Gasteiger partial charge in [-0.2, -0.15) is 0 Å². The Morgan fingerprint density at radius 3 is 2.00 bits per heavy atom. The second-order valence-electron chi connectivity index (χ2n) is 8.50. The zero-order valence-corrected chi connectivity index (χ0v) is 18.9. The van der Waals surface area contributed by atoms with Gasteiger partial charge >= 0.3 is 5.97 Å². The zero-order chi connectivity index (χ0) is 24.2. The molecular formula is C26H26N2O5. The summed E-state index contributed by atoms with van der Waals surface area (Å²) >= 11 is 0. The Bertz CT molecular complexity index is 1190. The first-order chi connectivity index (χ1) is 15.6. The van der Waals surface area contributed by atoms with E-state index in [0.717, 1.165) is 5.56 Å². The average molecular weight is 447 g/mol. The van der Waals surface area contributed by atoms with Gasteiger partial charge in [0.05, 0.1) is 29.6 Å². The monoisotopic (exact) mass is 446 g/mol. The molecule has 0 bridgehead atoms. The van der Waals surface area contributed by atoms with E-state index in [1.165, 1.54) is 25.3 Å². The molecule has 3 aromatic rings. The van der Waals surface area contributed by atoms with E-state index in [1.54, 1.807) is 36.4 Å². The lowest BCUT2D eigenvalue weighted by Crippen LogP contribution is -2.19. The van der Waals surface area contributed by atoms with Crippen LogP contribution in [0.3, 0.4) is 0 Å². The van der Waals surface area contributed by atoms with Gasteiger partial charge < -0.3 is 20.5 Å². The highest BCUT2D eigenvalue weighted by Crippen LogP contribution is 2.27. The summed E-state index contributed by atoms with van der Waals surface area (Å²) in [4.78, 5) is 37.1. The molecule has 0 aromatic heterocycles. The molecule has 0 saturated carbocycles. The van der Waals surface area contributed by atoms with Crippen molar-refractivity contribution in [1.82, 2.24) is 0 Å². The standard InChI is InChI=1S/C26H26N2O5/c1-26(2,3)18-12-9-16(10-13-18)23(29)27-20-8-6-5-7-19(20)24(30)28-21-15-17(25(31)32)11-14-22(21)33-4/h5-15H,1-4H3,(H,27,29)(H,28,30)(H,31,32). The van der Waals surface area contributed by atoms with Gasteiger partial charge in [-0.3, -0.25) is 9.59 Å². The summed E-state index contributed by atoms with van der Waals surface area (Å²) in [6, 6.07) is 18.1. The lowest BCUT2D eigenvalue weighted by molar-refractivity contribution is 0.0696. The molecule has 7 heteroatoms. The summed E-state index contributed by atoms with van der Waals surface area (Å²) < 4.78 is 5.23. The van der Waals surface area contributed by atoms with Crippen molar-refractivity contribution in [2.75, 3.05) is 17.7 Å². The average Bonchev–Trinajstić information content (AvgIpc) is 2.78. The first-order valence-corrected chi connectivity index (χ1v) is 10.3. The summed E-state index contributed by atoms with van der Waals surface area (Å²) in [6.07, 6.45) is 0. The molecule has 0 unspecified atom stereocenters. The quantitative estimate of drug-likeness (QED) is 0.483. The number of methoxy groups -OCH3 is 1. The number of para-hydroxylation sites is 1. The maximum atomic E-state index is 13.0. The zero-order valence-electron chi connectivity index (χ0n) is 18.9. The van der Waals surface area contributed by atoms with E-state index in [9.17, 15) is 19.5 Å². The molecule has 3 N–H and O–H groups in total. The molecule has 0 atom stereocenters. The Morgan fingerprint density at radius 1 is 0.788 bits per heavy atom. The molecule has 3 rings (SSSR count). The summed E-state index contributed by atoms with van der Waals surface area (Å²) in [7, 11) is 1.42. The van der Waals surface area contributed by atoms with Crippen LogP contribution in [0.2, 0.25) is 0 Å². The van der Waals surface area contributed by atoms with Crippen molar-refractivity contribution in [1.29, 1.82) is 0 Å². The fourth-order valence-electron chi connectivity index (χ4n) is 3.23. The second-order valence-corrected chi connectivity index (χ2v) is 8.50. The Kier molecular flexibility index (Phi) is 6.82. The Labute approximate surface area is 192 Å². The van der Waals surface area contributed by atoms with E-state index < -0.39 is 11.9 Å². The van der Waals surface area contributed by atoms with Crippen molar-refractivity contribution in [2.45, 2.75) is 26.2 Å². The van der Waals surface area contributed by atoms with Crippen molar-refractivity contribution >= 4 is 29.2 Å². The number of carbonyl (C=O) groups excluding carboxylic acids is 2. The van der Waals surface area contributed by atoms with Gasteiger partial charge in [0.25, 0.3) is 11.8 Å². The molecule has 0 fully saturated rings. The van der Waals surface area contributed by atoms with Gasteiger partial charge in [0.15, 0.2) is 0 Å². The number of rotatable bonds is 6. The third kappa shape index (κ3) is 5.57. The van der Waals surface area contributed by atoms with Crippen molar-refractivity contribution < 1.29 is 24.2 Å². The highest BCUT2D eigenvalue weighted by Gasteiger charge is 2.18. The number of benzene rings is 3. The van der Waals surface area contributed by atoms with Crippen LogP contribution in [0.4, 0.5) is 11.4 Å². The number of anilines is 2. The van der Waals surface area contributed by atoms with Crippen LogP contribution in [0.15, 0.2) is 66.7 Å². The van der Waals surface area contributed by atoms with Crippen LogP contribution in [-0.4, -0.2) is 30.0 Å². The van der Waals surface area contributed by atoms with Crippen molar-refractivity contribution in [3.8, 4) is 5.75 Å². The number of carboxylic acid groups (broad SMARTS) is 1. The highest BCUT2D eigenvalue weighted by atomic mass is 16.5. The highest BCUT2D eigenvalue weighted by molar-refractivity contribution is 6.13. The summed E-state index contributed by atoms with van der Waals surface area (Å²) in [5.41, 5.74) is 2.31. The topological polar surface area (TPSA) is 105 Å². The third-order valence-electron chi connectivity index (χ3n) is 5.13. The number of carbonyl (C=O) groups is 3. The molecule has 0 aliphatic heterocycles. The molecule has 3 aromatic carbocycles. The van der Waals surface area contributed by atoms with Gasteiger partial charge in [-0.15, -0.1) is 0 Å². The molecule has 0 aliphatic rings. The number of nitrogens with one attached hydrogen (secondary N) is 2. The summed E-state index contributed by atoms with van der Waals surface area (Å²) in [5, 5.41) is 14.7. The SMILES string of the molecule is COc1ccc(C(=O)O)cc1NC(=O)c1ccccc1NC(=O)c1ccc(C(C)(C)C)cc1. The molecule has 33 heavy (non-hydrogen) atoms. The largest absolute Gasteiger partial charge is 0.495 e. The van der Waals surface area contributed by atoms with Crippen LogP contribution in [0.25, 0.3) is 0 Å². The van der Waals surface area contributed by atoms with Crippen molar-refractivity contribution in [3.05, 3.63) is 89.0 Å². The number of hydrogen-bond donors (Lipinski definition) is 3. The third-order valence-corrected chi connectivity index (χ3v) is 5.13.